The third-order valence-electron chi connectivity index (χ3n) is 8.36. The smallest absolute Gasteiger partial charge is 0.0797 e. The molecule has 4 aromatic rings. The fraction of sp³-hybridized carbons (Fsp3) is 0.250. The zero-order valence-corrected chi connectivity index (χ0v) is 21.4. The van der Waals surface area contributed by atoms with Gasteiger partial charge in [0.2, 0.25) is 0 Å². The van der Waals surface area contributed by atoms with Crippen LogP contribution in [0.25, 0.3) is 0 Å². The molecule has 0 amide bonds. The Morgan fingerprint density at radius 3 is 1.29 bits per heavy atom. The molecule has 2 aliphatic rings. The first-order valence-electron chi connectivity index (χ1n) is 13.3. The fourth-order valence-corrected chi connectivity index (χ4v) is 12.2. The topological polar surface area (TPSA) is 0 Å². The summed E-state index contributed by atoms with van der Waals surface area (Å²) >= 11 is 0. The molecule has 0 bridgehead atoms. The minimum atomic E-state index is -2.55. The van der Waals surface area contributed by atoms with Gasteiger partial charge in [-0.15, -0.1) is 0 Å². The van der Waals surface area contributed by atoms with Gasteiger partial charge < -0.3 is 0 Å². The van der Waals surface area contributed by atoms with E-state index in [1.54, 1.807) is 21.5 Å². The van der Waals surface area contributed by atoms with Crippen LogP contribution in [0.15, 0.2) is 109 Å². The Morgan fingerprint density at radius 1 is 0.486 bits per heavy atom. The average molecular weight is 466 g/mol. The normalized spacial score (nSPS) is 19.8. The quantitative estimate of drug-likeness (QED) is 0.274. The largest absolute Gasteiger partial charge is 0.180 e. The number of hydrogen-bond donors (Lipinski definition) is 0. The van der Waals surface area contributed by atoms with Crippen molar-refractivity contribution in [2.24, 2.45) is 0 Å². The third kappa shape index (κ3) is 4.04. The van der Waals surface area contributed by atoms with Gasteiger partial charge in [-0.1, -0.05) is 147 Å². The summed E-state index contributed by atoms with van der Waals surface area (Å²) in [5.74, 6) is 1.25. The van der Waals surface area contributed by atoms with Gasteiger partial charge in [-0.3, -0.25) is 0 Å². The summed E-state index contributed by atoms with van der Waals surface area (Å²) < 4.78 is 0. The molecule has 0 aliphatic carbocycles. The van der Waals surface area contributed by atoms with E-state index >= 15 is 0 Å². The molecule has 2 aliphatic heterocycles. The Kier molecular flexibility index (Phi) is 6.52. The van der Waals surface area contributed by atoms with E-state index in [9.17, 15) is 0 Å². The molecule has 2 saturated heterocycles. The van der Waals surface area contributed by atoms with Gasteiger partial charge in [0.15, 0.2) is 8.07 Å². The summed E-state index contributed by atoms with van der Waals surface area (Å²) in [5, 5.41) is 6.17. The van der Waals surface area contributed by atoms with Crippen molar-refractivity contribution >= 4 is 43.4 Å². The van der Waals surface area contributed by atoms with Crippen LogP contribution in [0.4, 0.5) is 0 Å². The summed E-state index contributed by atoms with van der Waals surface area (Å²) in [4.78, 5) is 0. The standard InChI is InChI=1S/C32H32B2Si/c1-3-11-27(12-4-1)35(28-13-5-2-6-14-28,31-17-9-7-15-29(31)25-19-21-33-23-25)32-18-10-8-16-30(32)26-20-22-34-24-26/h1-18,25-26H,19-24H2. The van der Waals surface area contributed by atoms with Crippen molar-refractivity contribution < 1.29 is 0 Å². The maximum atomic E-state index is 2.50. The molecule has 0 N–H and O–H groups in total. The van der Waals surface area contributed by atoms with Crippen LogP contribution in [0.1, 0.15) is 35.8 Å². The van der Waals surface area contributed by atoms with Crippen molar-refractivity contribution in [3.63, 3.8) is 0 Å². The molecule has 35 heavy (non-hydrogen) atoms. The molecule has 0 aromatic heterocycles. The Labute approximate surface area is 213 Å². The molecule has 3 heteroatoms. The highest BCUT2D eigenvalue weighted by Crippen LogP contribution is 2.34. The van der Waals surface area contributed by atoms with Crippen LogP contribution in [0, 0.1) is 0 Å². The highest BCUT2D eigenvalue weighted by Gasteiger charge is 2.45. The molecule has 2 heterocycles. The second-order valence-electron chi connectivity index (χ2n) is 10.3. The van der Waals surface area contributed by atoms with E-state index in [0.29, 0.717) is 11.8 Å². The van der Waals surface area contributed by atoms with Crippen LogP contribution < -0.4 is 20.7 Å². The number of rotatable bonds is 6. The van der Waals surface area contributed by atoms with Crippen LogP contribution in [0.5, 0.6) is 0 Å². The Morgan fingerprint density at radius 2 is 0.886 bits per heavy atom. The van der Waals surface area contributed by atoms with Crippen LogP contribution in [0.2, 0.25) is 25.3 Å². The maximum absolute atomic E-state index is 2.55. The van der Waals surface area contributed by atoms with Crippen molar-refractivity contribution in [1.82, 2.24) is 0 Å². The Balaban J connectivity index is 1.73. The van der Waals surface area contributed by atoms with Crippen molar-refractivity contribution in [3.05, 3.63) is 120 Å². The van der Waals surface area contributed by atoms with Crippen molar-refractivity contribution in [2.45, 2.75) is 50.0 Å². The maximum Gasteiger partial charge on any atom is 0.180 e. The zero-order chi connectivity index (χ0) is 23.5. The Hall–Kier alpha value is -2.77. The lowest BCUT2D eigenvalue weighted by atomic mass is 9.75. The second-order valence-corrected chi connectivity index (χ2v) is 14.0. The van der Waals surface area contributed by atoms with Crippen molar-refractivity contribution in [1.29, 1.82) is 0 Å². The third-order valence-corrected chi connectivity index (χ3v) is 13.3. The minimum Gasteiger partial charge on any atom is -0.0797 e. The molecule has 0 nitrogen and oxygen atoms in total. The molecule has 2 radical (unpaired) electrons. The van der Waals surface area contributed by atoms with E-state index in [2.05, 4.69) is 124 Å². The summed E-state index contributed by atoms with van der Waals surface area (Å²) in [5.41, 5.74) is 3.15. The van der Waals surface area contributed by atoms with E-state index in [4.69, 9.17) is 0 Å². The van der Waals surface area contributed by atoms with Gasteiger partial charge >= 0.3 is 0 Å². The van der Waals surface area contributed by atoms with Gasteiger partial charge in [-0.25, -0.2) is 0 Å². The molecular formula is C32H32B2Si. The molecular weight excluding hydrogens is 434 g/mol. The lowest BCUT2D eigenvalue weighted by Crippen LogP contribution is -2.76. The van der Waals surface area contributed by atoms with E-state index in [1.165, 1.54) is 48.5 Å². The van der Waals surface area contributed by atoms with Crippen LogP contribution in [-0.4, -0.2) is 22.6 Å². The first-order valence-corrected chi connectivity index (χ1v) is 15.3. The van der Waals surface area contributed by atoms with Gasteiger partial charge in [0.25, 0.3) is 0 Å². The van der Waals surface area contributed by atoms with Crippen LogP contribution >= 0.6 is 0 Å². The molecule has 2 atom stereocenters. The lowest BCUT2D eigenvalue weighted by molar-refractivity contribution is 0.773. The molecule has 170 valence electrons. The summed E-state index contributed by atoms with van der Waals surface area (Å²) in [6.07, 6.45) is 7.40. The van der Waals surface area contributed by atoms with Crippen LogP contribution in [-0.2, 0) is 0 Å². The van der Waals surface area contributed by atoms with Gasteiger partial charge in [-0.2, -0.15) is 0 Å². The van der Waals surface area contributed by atoms with E-state index in [-0.39, 0.29) is 0 Å². The molecule has 0 spiro atoms. The first kappa shape index (κ1) is 22.7. The van der Waals surface area contributed by atoms with Gasteiger partial charge in [0.1, 0.15) is 14.6 Å². The average Bonchev–Trinajstić information content (AvgIpc) is 3.66. The summed E-state index contributed by atoms with van der Waals surface area (Å²) in [7, 11) is 2.44. The summed E-state index contributed by atoms with van der Waals surface area (Å²) in [6, 6.07) is 41.9. The van der Waals surface area contributed by atoms with Gasteiger partial charge in [0, 0.05) is 0 Å². The SMILES string of the molecule is [B]1CCC(c2ccccc2[Si](c2ccccc2)(c2ccccc2)c2ccccc2C2C[B]CC2)C1. The lowest BCUT2D eigenvalue weighted by Gasteiger charge is -2.39. The molecule has 2 unspecified atom stereocenters. The van der Waals surface area contributed by atoms with Crippen molar-refractivity contribution in [3.8, 4) is 0 Å². The minimum absolute atomic E-state index is 0.623. The monoisotopic (exact) mass is 466 g/mol. The van der Waals surface area contributed by atoms with Crippen LogP contribution in [0.3, 0.4) is 0 Å². The molecule has 2 fully saturated rings. The van der Waals surface area contributed by atoms with Crippen molar-refractivity contribution in [2.75, 3.05) is 0 Å². The second kappa shape index (κ2) is 10.1. The number of benzene rings is 4. The predicted octanol–water partition coefficient (Wildman–Crippen LogP) is 5.12. The number of hydrogen-bond acceptors (Lipinski definition) is 0. The van der Waals surface area contributed by atoms with E-state index < -0.39 is 8.07 Å². The fourth-order valence-electron chi connectivity index (χ4n) is 6.78. The highest BCUT2D eigenvalue weighted by atomic mass is 28.3. The van der Waals surface area contributed by atoms with Gasteiger partial charge in [0.05, 0.1) is 0 Å². The molecule has 4 aromatic carbocycles. The molecule has 0 saturated carbocycles. The van der Waals surface area contributed by atoms with E-state index in [1.807, 2.05) is 0 Å². The summed E-state index contributed by atoms with van der Waals surface area (Å²) in [6.45, 7) is 0. The first-order chi connectivity index (χ1) is 17.4. The van der Waals surface area contributed by atoms with E-state index in [0.717, 1.165) is 0 Å². The van der Waals surface area contributed by atoms with Gasteiger partial charge in [-0.05, 0) is 43.7 Å². The molecule has 6 rings (SSSR count). The zero-order valence-electron chi connectivity index (χ0n) is 20.4. The predicted molar refractivity (Wildman–Crippen MR) is 156 cm³/mol. The highest BCUT2D eigenvalue weighted by molar-refractivity contribution is 7.20. The Bertz CT molecular complexity index is 1160.